The first-order valence-corrected chi connectivity index (χ1v) is 6.50. The molecule has 2 atom stereocenters. The Kier molecular flexibility index (Phi) is 5.49. The smallest absolute Gasteiger partial charge is 0.120 e. The van der Waals surface area contributed by atoms with Crippen molar-refractivity contribution < 1.29 is 4.74 Å². The number of aryl methyl sites for hydroxylation is 2. The summed E-state index contributed by atoms with van der Waals surface area (Å²) in [6, 6.07) is 6.82. The van der Waals surface area contributed by atoms with Crippen LogP contribution < -0.4 is 10.1 Å². The van der Waals surface area contributed by atoms with Gasteiger partial charge in [-0.15, -0.1) is 0 Å². The van der Waals surface area contributed by atoms with Gasteiger partial charge in [0.15, 0.2) is 0 Å². The van der Waals surface area contributed by atoms with Crippen molar-refractivity contribution in [1.82, 2.24) is 5.32 Å². The molecule has 0 radical (unpaired) electrons. The van der Waals surface area contributed by atoms with Crippen molar-refractivity contribution in [2.45, 2.75) is 53.2 Å². The summed E-state index contributed by atoms with van der Waals surface area (Å²) >= 11 is 0. The maximum atomic E-state index is 5.88. The molecule has 0 aliphatic carbocycles. The molecule has 0 aliphatic heterocycles. The molecule has 1 aromatic rings. The first-order chi connectivity index (χ1) is 8.02. The van der Waals surface area contributed by atoms with Crippen molar-refractivity contribution in [3.05, 3.63) is 29.3 Å². The van der Waals surface area contributed by atoms with Gasteiger partial charge in [-0.1, -0.05) is 13.0 Å². The molecule has 96 valence electrons. The second-order valence-electron chi connectivity index (χ2n) is 4.89. The highest BCUT2D eigenvalue weighted by Gasteiger charge is 2.06. The van der Waals surface area contributed by atoms with Crippen LogP contribution in [0.5, 0.6) is 5.75 Å². The van der Waals surface area contributed by atoms with E-state index in [9.17, 15) is 0 Å². The van der Waals surface area contributed by atoms with Gasteiger partial charge in [0, 0.05) is 12.6 Å². The highest BCUT2D eigenvalue weighted by atomic mass is 16.5. The summed E-state index contributed by atoms with van der Waals surface area (Å²) in [5, 5.41) is 3.45. The molecule has 0 aromatic heterocycles. The molecule has 0 heterocycles. The summed E-state index contributed by atoms with van der Waals surface area (Å²) in [6.07, 6.45) is 1.35. The Hall–Kier alpha value is -1.02. The Labute approximate surface area is 105 Å². The third kappa shape index (κ3) is 4.78. The number of hydrogen-bond donors (Lipinski definition) is 1. The van der Waals surface area contributed by atoms with Crippen molar-refractivity contribution in [2.24, 2.45) is 0 Å². The van der Waals surface area contributed by atoms with E-state index in [1.54, 1.807) is 0 Å². The van der Waals surface area contributed by atoms with E-state index in [4.69, 9.17) is 4.74 Å². The zero-order valence-electron chi connectivity index (χ0n) is 11.7. The van der Waals surface area contributed by atoms with Crippen molar-refractivity contribution >= 4 is 0 Å². The lowest BCUT2D eigenvalue weighted by molar-refractivity contribution is 0.212. The van der Waals surface area contributed by atoms with E-state index in [0.29, 0.717) is 6.04 Å². The summed E-state index contributed by atoms with van der Waals surface area (Å²) in [7, 11) is 0. The van der Waals surface area contributed by atoms with E-state index in [0.717, 1.165) is 18.7 Å². The molecule has 1 aromatic carbocycles. The van der Waals surface area contributed by atoms with Crippen LogP contribution in [0.2, 0.25) is 0 Å². The fourth-order valence-electron chi connectivity index (χ4n) is 1.57. The molecule has 0 saturated heterocycles. The fourth-order valence-corrected chi connectivity index (χ4v) is 1.57. The lowest BCUT2D eigenvalue weighted by Crippen LogP contribution is -2.34. The van der Waals surface area contributed by atoms with Crippen molar-refractivity contribution in [2.75, 3.05) is 6.54 Å². The molecule has 2 heteroatoms. The first-order valence-electron chi connectivity index (χ1n) is 6.50. The molecule has 2 unspecified atom stereocenters. The number of nitrogens with one attached hydrogen (secondary N) is 1. The van der Waals surface area contributed by atoms with Gasteiger partial charge in [0.2, 0.25) is 0 Å². The largest absolute Gasteiger partial charge is 0.489 e. The van der Waals surface area contributed by atoms with Crippen LogP contribution in [-0.4, -0.2) is 18.7 Å². The molecule has 1 N–H and O–H groups in total. The normalized spacial score (nSPS) is 14.4. The van der Waals surface area contributed by atoms with Crippen molar-refractivity contribution in [3.63, 3.8) is 0 Å². The monoisotopic (exact) mass is 235 g/mol. The summed E-state index contributed by atoms with van der Waals surface area (Å²) in [5.41, 5.74) is 2.59. The molecule has 0 amide bonds. The number of ether oxygens (including phenoxy) is 1. The van der Waals surface area contributed by atoms with Gasteiger partial charge in [-0.2, -0.15) is 0 Å². The van der Waals surface area contributed by atoms with E-state index in [2.05, 4.69) is 52.1 Å². The third-order valence-corrected chi connectivity index (χ3v) is 3.18. The average Bonchev–Trinajstić information content (AvgIpc) is 2.31. The molecular formula is C15H25NO. The molecule has 0 saturated carbocycles. The van der Waals surface area contributed by atoms with Crippen LogP contribution in [0.15, 0.2) is 18.2 Å². The second kappa shape index (κ2) is 6.65. The maximum absolute atomic E-state index is 5.88. The van der Waals surface area contributed by atoms with E-state index in [1.165, 1.54) is 11.1 Å². The van der Waals surface area contributed by atoms with Gasteiger partial charge >= 0.3 is 0 Å². The van der Waals surface area contributed by atoms with Gasteiger partial charge < -0.3 is 10.1 Å². The van der Waals surface area contributed by atoms with Gasteiger partial charge in [-0.25, -0.2) is 0 Å². The number of hydrogen-bond acceptors (Lipinski definition) is 2. The summed E-state index contributed by atoms with van der Waals surface area (Å²) in [4.78, 5) is 0. The molecule has 0 fully saturated rings. The predicted molar refractivity (Wildman–Crippen MR) is 73.8 cm³/mol. The lowest BCUT2D eigenvalue weighted by Gasteiger charge is -2.18. The third-order valence-electron chi connectivity index (χ3n) is 3.18. The average molecular weight is 235 g/mol. The second-order valence-corrected chi connectivity index (χ2v) is 4.89. The van der Waals surface area contributed by atoms with Crippen LogP contribution in [0.4, 0.5) is 0 Å². The van der Waals surface area contributed by atoms with Crippen LogP contribution in [0.25, 0.3) is 0 Å². The highest BCUT2D eigenvalue weighted by molar-refractivity contribution is 5.33. The Morgan fingerprint density at radius 1 is 1.18 bits per heavy atom. The first kappa shape index (κ1) is 14.0. The molecule has 1 rings (SSSR count). The van der Waals surface area contributed by atoms with Crippen LogP contribution in [0.3, 0.4) is 0 Å². The van der Waals surface area contributed by atoms with Crippen molar-refractivity contribution in [1.29, 1.82) is 0 Å². The van der Waals surface area contributed by atoms with E-state index in [1.807, 2.05) is 6.07 Å². The molecule has 17 heavy (non-hydrogen) atoms. The minimum absolute atomic E-state index is 0.200. The lowest BCUT2D eigenvalue weighted by atomic mass is 10.1. The standard InChI is InChI=1S/C15H25NO/c1-6-13(4)16-10-14(5)17-15-8-7-11(2)12(3)9-15/h7-9,13-14,16H,6,10H2,1-5H3. The van der Waals surface area contributed by atoms with Gasteiger partial charge in [-0.3, -0.25) is 0 Å². The molecular weight excluding hydrogens is 210 g/mol. The van der Waals surface area contributed by atoms with Crippen LogP contribution in [0.1, 0.15) is 38.3 Å². The van der Waals surface area contributed by atoms with E-state index >= 15 is 0 Å². The highest BCUT2D eigenvalue weighted by Crippen LogP contribution is 2.17. The van der Waals surface area contributed by atoms with Gasteiger partial charge in [-0.05, 0) is 57.4 Å². The maximum Gasteiger partial charge on any atom is 0.120 e. The van der Waals surface area contributed by atoms with Gasteiger partial charge in [0.1, 0.15) is 11.9 Å². The minimum atomic E-state index is 0.200. The fraction of sp³-hybridized carbons (Fsp3) is 0.600. The quantitative estimate of drug-likeness (QED) is 0.815. The molecule has 2 nitrogen and oxygen atoms in total. The van der Waals surface area contributed by atoms with Crippen LogP contribution >= 0.6 is 0 Å². The molecule has 0 aliphatic rings. The Balaban J connectivity index is 2.44. The molecule has 0 bridgehead atoms. The minimum Gasteiger partial charge on any atom is -0.489 e. The van der Waals surface area contributed by atoms with E-state index < -0.39 is 0 Å². The summed E-state index contributed by atoms with van der Waals surface area (Å²) in [6.45, 7) is 11.6. The van der Waals surface area contributed by atoms with Crippen LogP contribution in [0, 0.1) is 13.8 Å². The Bertz CT molecular complexity index is 349. The summed E-state index contributed by atoms with van der Waals surface area (Å²) in [5.74, 6) is 0.964. The Morgan fingerprint density at radius 3 is 2.47 bits per heavy atom. The zero-order valence-corrected chi connectivity index (χ0v) is 11.7. The Morgan fingerprint density at radius 2 is 1.88 bits per heavy atom. The SMILES string of the molecule is CCC(C)NCC(C)Oc1ccc(C)c(C)c1. The molecule has 0 spiro atoms. The van der Waals surface area contributed by atoms with Gasteiger partial charge in [0.25, 0.3) is 0 Å². The zero-order chi connectivity index (χ0) is 12.8. The van der Waals surface area contributed by atoms with E-state index in [-0.39, 0.29) is 6.10 Å². The van der Waals surface area contributed by atoms with Crippen LogP contribution in [-0.2, 0) is 0 Å². The predicted octanol–water partition coefficient (Wildman–Crippen LogP) is 3.46. The summed E-state index contributed by atoms with van der Waals surface area (Å²) < 4.78 is 5.88. The van der Waals surface area contributed by atoms with Gasteiger partial charge in [0.05, 0.1) is 0 Å². The number of rotatable bonds is 6. The number of benzene rings is 1. The topological polar surface area (TPSA) is 21.3 Å². The van der Waals surface area contributed by atoms with Crippen molar-refractivity contribution in [3.8, 4) is 5.75 Å².